The topological polar surface area (TPSA) is 82.3 Å². The van der Waals surface area contributed by atoms with E-state index in [4.69, 9.17) is 11.6 Å². The van der Waals surface area contributed by atoms with Crippen molar-refractivity contribution in [1.29, 1.82) is 0 Å². The third kappa shape index (κ3) is 3.79. The molecule has 1 aromatic heterocycles. The number of H-pyrrole nitrogens is 1. The summed E-state index contributed by atoms with van der Waals surface area (Å²) in [7, 11) is 1.65. The highest BCUT2D eigenvalue weighted by Crippen LogP contribution is 2.27. The van der Waals surface area contributed by atoms with Gasteiger partial charge in [-0.1, -0.05) is 35.9 Å². The van der Waals surface area contributed by atoms with Crippen LogP contribution in [0.1, 0.15) is 15.9 Å². The van der Waals surface area contributed by atoms with Crippen LogP contribution in [0.5, 0.6) is 0 Å². The van der Waals surface area contributed by atoms with Gasteiger partial charge in [-0.2, -0.15) is 0 Å². The molecule has 1 atom stereocenters. The summed E-state index contributed by atoms with van der Waals surface area (Å²) in [5.74, 6) is -0.525. The fraction of sp³-hybridized carbons (Fsp3) is 0.136. The summed E-state index contributed by atoms with van der Waals surface area (Å²) in [6.07, 6.45) is 1.96. The van der Waals surface area contributed by atoms with E-state index < -0.39 is 6.04 Å². The zero-order chi connectivity index (χ0) is 20.5. The number of amides is 2. The molecule has 3 aromatic rings. The van der Waals surface area contributed by atoms with Crippen molar-refractivity contribution in [2.75, 3.05) is 11.9 Å². The Hall–Kier alpha value is -3.38. The molecule has 1 aliphatic rings. The molecule has 146 valence electrons. The van der Waals surface area contributed by atoms with Crippen LogP contribution in [0.4, 0.5) is 5.69 Å². The number of nitrogens with one attached hydrogen (secondary N) is 2. The molecule has 0 aliphatic carbocycles. The van der Waals surface area contributed by atoms with Gasteiger partial charge in [0.25, 0.3) is 5.91 Å². The molecule has 2 heterocycles. The molecule has 0 saturated heterocycles. The minimum Gasteiger partial charge on any atom is -0.340 e. The Morgan fingerprint density at radius 1 is 0.966 bits per heavy atom. The summed E-state index contributed by atoms with van der Waals surface area (Å²) >= 11 is 6.02. The minimum atomic E-state index is -0.691. The Labute approximate surface area is 172 Å². The molecular formula is C22H18ClN3O3. The van der Waals surface area contributed by atoms with Gasteiger partial charge in [0.2, 0.25) is 11.5 Å². The molecule has 29 heavy (non-hydrogen) atoms. The monoisotopic (exact) mass is 407 g/mol. The number of carbonyl (C=O) groups is 2. The lowest BCUT2D eigenvalue weighted by Gasteiger charge is -2.21. The second kappa shape index (κ2) is 7.56. The van der Waals surface area contributed by atoms with E-state index in [0.29, 0.717) is 22.7 Å². The number of fused-ring (bicyclic) bond motifs is 1. The fourth-order valence-corrected chi connectivity index (χ4v) is 3.64. The summed E-state index contributed by atoms with van der Waals surface area (Å²) in [5, 5.41) is 3.25. The molecule has 2 N–H and O–H groups in total. The second-order valence-electron chi connectivity index (χ2n) is 6.93. The SMILES string of the molecule is CN1C(=O)C(Cc2ccc(-c3cc[nH]c(=O)c3)cc2)NC(=O)c2cc(Cl)ccc21. The Bertz CT molecular complexity index is 1150. The first-order chi connectivity index (χ1) is 13.9. The standard InChI is InChI=1S/C22H18ClN3O3/c1-26-19-7-6-16(23)12-17(19)21(28)25-18(22(26)29)10-13-2-4-14(5-3-13)15-8-9-24-20(27)11-15/h2-9,11-12,18H,10H2,1H3,(H,24,27)(H,25,28). The molecule has 1 unspecified atom stereocenters. The van der Waals surface area contributed by atoms with E-state index in [1.165, 1.54) is 11.0 Å². The molecule has 0 fully saturated rings. The Morgan fingerprint density at radius 2 is 1.72 bits per heavy atom. The van der Waals surface area contributed by atoms with Crippen molar-refractivity contribution in [3.05, 3.63) is 87.3 Å². The highest BCUT2D eigenvalue weighted by Gasteiger charge is 2.31. The van der Waals surface area contributed by atoms with Crippen LogP contribution in [0.2, 0.25) is 5.02 Å². The lowest BCUT2D eigenvalue weighted by atomic mass is 10.0. The van der Waals surface area contributed by atoms with Gasteiger partial charge in [0.15, 0.2) is 0 Å². The number of aromatic nitrogens is 1. The number of aromatic amines is 1. The predicted octanol–water partition coefficient (Wildman–Crippen LogP) is 3.01. The third-order valence-corrected chi connectivity index (χ3v) is 5.24. The van der Waals surface area contributed by atoms with Gasteiger partial charge in [-0.05, 0) is 41.0 Å². The number of benzene rings is 2. The average molecular weight is 408 g/mol. The molecule has 1 aliphatic heterocycles. The van der Waals surface area contributed by atoms with E-state index in [-0.39, 0.29) is 17.4 Å². The van der Waals surface area contributed by atoms with E-state index in [9.17, 15) is 14.4 Å². The maximum atomic E-state index is 12.9. The van der Waals surface area contributed by atoms with Gasteiger partial charge >= 0.3 is 0 Å². The van der Waals surface area contributed by atoms with Crippen LogP contribution in [0.25, 0.3) is 11.1 Å². The summed E-state index contributed by atoms with van der Waals surface area (Å²) in [6, 6.07) is 15.1. The lowest BCUT2D eigenvalue weighted by Crippen LogP contribution is -2.45. The van der Waals surface area contributed by atoms with Crippen molar-refractivity contribution in [3.8, 4) is 11.1 Å². The van der Waals surface area contributed by atoms with Crippen LogP contribution in [-0.2, 0) is 11.2 Å². The van der Waals surface area contributed by atoms with Crippen LogP contribution in [-0.4, -0.2) is 29.9 Å². The largest absolute Gasteiger partial charge is 0.340 e. The minimum absolute atomic E-state index is 0.166. The third-order valence-electron chi connectivity index (χ3n) is 5.00. The van der Waals surface area contributed by atoms with Crippen molar-refractivity contribution in [1.82, 2.24) is 10.3 Å². The Balaban J connectivity index is 1.57. The van der Waals surface area contributed by atoms with Gasteiger partial charge in [0.1, 0.15) is 6.04 Å². The van der Waals surface area contributed by atoms with Gasteiger partial charge in [0.05, 0.1) is 11.3 Å². The number of rotatable bonds is 3. The van der Waals surface area contributed by atoms with E-state index in [1.54, 1.807) is 31.4 Å². The highest BCUT2D eigenvalue weighted by atomic mass is 35.5. The Morgan fingerprint density at radius 3 is 2.45 bits per heavy atom. The van der Waals surface area contributed by atoms with Crippen LogP contribution >= 0.6 is 11.6 Å². The first kappa shape index (κ1) is 19.0. The predicted molar refractivity (Wildman–Crippen MR) is 112 cm³/mol. The normalized spacial score (nSPS) is 16.2. The van der Waals surface area contributed by atoms with Gasteiger partial charge in [-0.15, -0.1) is 0 Å². The van der Waals surface area contributed by atoms with Crippen molar-refractivity contribution >= 4 is 29.1 Å². The van der Waals surface area contributed by atoms with Gasteiger partial charge in [0, 0.05) is 30.8 Å². The zero-order valence-corrected chi connectivity index (χ0v) is 16.4. The maximum absolute atomic E-state index is 12.9. The van der Waals surface area contributed by atoms with Crippen molar-refractivity contribution in [2.24, 2.45) is 0 Å². The molecule has 4 rings (SSSR count). The molecule has 6 nitrogen and oxygen atoms in total. The number of pyridine rings is 1. The smallest absolute Gasteiger partial charge is 0.254 e. The number of hydrogen-bond donors (Lipinski definition) is 2. The molecular weight excluding hydrogens is 390 g/mol. The first-order valence-electron chi connectivity index (χ1n) is 9.08. The fourth-order valence-electron chi connectivity index (χ4n) is 3.46. The number of anilines is 1. The zero-order valence-electron chi connectivity index (χ0n) is 15.6. The summed E-state index contributed by atoms with van der Waals surface area (Å²) < 4.78 is 0. The summed E-state index contributed by atoms with van der Waals surface area (Å²) in [6.45, 7) is 0. The van der Waals surface area contributed by atoms with E-state index >= 15 is 0 Å². The van der Waals surface area contributed by atoms with E-state index in [1.807, 2.05) is 30.3 Å². The van der Waals surface area contributed by atoms with Crippen molar-refractivity contribution in [3.63, 3.8) is 0 Å². The summed E-state index contributed by atoms with van der Waals surface area (Å²) in [5.41, 5.74) is 3.35. The summed E-state index contributed by atoms with van der Waals surface area (Å²) in [4.78, 5) is 41.1. The first-order valence-corrected chi connectivity index (χ1v) is 9.46. The number of likely N-dealkylation sites (N-methyl/N-ethyl adjacent to an activating group) is 1. The van der Waals surface area contributed by atoms with Crippen molar-refractivity contribution < 1.29 is 9.59 Å². The highest BCUT2D eigenvalue weighted by molar-refractivity contribution is 6.31. The van der Waals surface area contributed by atoms with Gasteiger partial charge < -0.3 is 15.2 Å². The average Bonchev–Trinajstić information content (AvgIpc) is 2.80. The number of carbonyl (C=O) groups excluding carboxylic acids is 2. The Kier molecular flexibility index (Phi) is 4.94. The second-order valence-corrected chi connectivity index (χ2v) is 7.36. The number of halogens is 1. The quantitative estimate of drug-likeness (QED) is 0.700. The molecule has 0 bridgehead atoms. The molecule has 0 saturated carbocycles. The molecule has 2 aromatic carbocycles. The van der Waals surface area contributed by atoms with E-state index in [0.717, 1.165) is 16.7 Å². The van der Waals surface area contributed by atoms with Crippen LogP contribution < -0.4 is 15.8 Å². The molecule has 0 spiro atoms. The van der Waals surface area contributed by atoms with E-state index in [2.05, 4.69) is 10.3 Å². The van der Waals surface area contributed by atoms with Crippen LogP contribution in [0, 0.1) is 0 Å². The van der Waals surface area contributed by atoms with Crippen LogP contribution in [0.15, 0.2) is 65.6 Å². The van der Waals surface area contributed by atoms with Crippen molar-refractivity contribution in [2.45, 2.75) is 12.5 Å². The molecule has 7 heteroatoms. The maximum Gasteiger partial charge on any atom is 0.254 e. The van der Waals surface area contributed by atoms with Gasteiger partial charge in [-0.25, -0.2) is 0 Å². The lowest BCUT2D eigenvalue weighted by molar-refractivity contribution is -0.120. The number of hydrogen-bond acceptors (Lipinski definition) is 3. The molecule has 0 radical (unpaired) electrons. The van der Waals surface area contributed by atoms with Crippen LogP contribution in [0.3, 0.4) is 0 Å². The molecule has 2 amide bonds. The number of nitrogens with zero attached hydrogens (tertiary/aromatic N) is 1. The van der Waals surface area contributed by atoms with Gasteiger partial charge in [-0.3, -0.25) is 14.4 Å².